The Hall–Kier alpha value is -3.47. The smallest absolute Gasteiger partial charge is 0.264 e. The number of nitrogens with one attached hydrogen (secondary N) is 1. The first kappa shape index (κ1) is 19.2. The standard InChI is InChI=1S/C21H23N3O7S/c1-5-31-19-17(30-3)10-9-14(23-19)16(11-32(4,28)29)24-20(26)13-7-6-8-15(22-12(2)25)18(13)21(24)27/h6-10,16H,5,11H2,1-4H3,(H,22,25)/i3D3. The van der Waals surface area contributed by atoms with E-state index in [-0.39, 0.29) is 40.7 Å². The molecule has 1 aromatic heterocycles. The highest BCUT2D eigenvalue weighted by Crippen LogP contribution is 2.37. The van der Waals surface area contributed by atoms with Crippen LogP contribution in [-0.4, -0.2) is 61.7 Å². The van der Waals surface area contributed by atoms with E-state index in [9.17, 15) is 22.8 Å². The number of pyridine rings is 1. The van der Waals surface area contributed by atoms with Gasteiger partial charge in [-0.05, 0) is 31.2 Å². The van der Waals surface area contributed by atoms with Gasteiger partial charge in [-0.3, -0.25) is 19.3 Å². The minimum absolute atomic E-state index is 0.00728. The highest BCUT2D eigenvalue weighted by atomic mass is 32.2. The second-order valence-corrected chi connectivity index (χ2v) is 9.26. The van der Waals surface area contributed by atoms with Crippen molar-refractivity contribution in [3.63, 3.8) is 0 Å². The van der Waals surface area contributed by atoms with Gasteiger partial charge < -0.3 is 14.8 Å². The molecule has 170 valence electrons. The summed E-state index contributed by atoms with van der Waals surface area (Å²) in [4.78, 5) is 43.2. The van der Waals surface area contributed by atoms with Crippen LogP contribution in [-0.2, 0) is 14.6 Å². The van der Waals surface area contributed by atoms with Crippen molar-refractivity contribution < 1.29 is 36.4 Å². The van der Waals surface area contributed by atoms with E-state index >= 15 is 0 Å². The van der Waals surface area contributed by atoms with Crippen LogP contribution in [0.15, 0.2) is 30.3 Å². The maximum Gasteiger partial charge on any atom is 0.264 e. The predicted molar refractivity (Wildman–Crippen MR) is 116 cm³/mol. The minimum Gasteiger partial charge on any atom is -0.491 e. The first-order valence-corrected chi connectivity index (χ1v) is 11.6. The highest BCUT2D eigenvalue weighted by molar-refractivity contribution is 7.90. The Morgan fingerprint density at radius 1 is 1.25 bits per heavy atom. The number of aromatic nitrogens is 1. The molecule has 3 rings (SSSR count). The Labute approximate surface area is 189 Å². The van der Waals surface area contributed by atoms with Gasteiger partial charge in [0.25, 0.3) is 17.7 Å². The zero-order valence-electron chi connectivity index (χ0n) is 20.5. The lowest BCUT2D eigenvalue weighted by molar-refractivity contribution is -0.114. The van der Waals surface area contributed by atoms with Crippen LogP contribution < -0.4 is 14.8 Å². The molecule has 1 N–H and O–H groups in total. The molecule has 0 saturated carbocycles. The number of sulfone groups is 1. The van der Waals surface area contributed by atoms with Crippen molar-refractivity contribution >= 4 is 33.2 Å². The van der Waals surface area contributed by atoms with Gasteiger partial charge >= 0.3 is 0 Å². The largest absolute Gasteiger partial charge is 0.491 e. The third kappa shape index (κ3) is 4.57. The van der Waals surface area contributed by atoms with Crippen molar-refractivity contribution in [1.29, 1.82) is 0 Å². The van der Waals surface area contributed by atoms with Crippen molar-refractivity contribution in [2.24, 2.45) is 0 Å². The van der Waals surface area contributed by atoms with E-state index in [4.69, 9.17) is 13.6 Å². The lowest BCUT2D eigenvalue weighted by Crippen LogP contribution is -2.38. The Morgan fingerprint density at radius 2 is 2.00 bits per heavy atom. The number of anilines is 1. The van der Waals surface area contributed by atoms with Gasteiger partial charge in [0, 0.05) is 13.2 Å². The Bertz CT molecular complexity index is 1300. The zero-order valence-corrected chi connectivity index (χ0v) is 18.4. The van der Waals surface area contributed by atoms with E-state index in [1.807, 2.05) is 0 Å². The van der Waals surface area contributed by atoms with Crippen LogP contribution in [0.3, 0.4) is 0 Å². The number of rotatable bonds is 8. The molecule has 0 bridgehead atoms. The van der Waals surface area contributed by atoms with Crippen molar-refractivity contribution in [2.75, 3.05) is 31.0 Å². The minimum atomic E-state index is -3.75. The second kappa shape index (κ2) is 8.95. The molecular formula is C21H23N3O7S. The van der Waals surface area contributed by atoms with Crippen LogP contribution in [0, 0.1) is 0 Å². The SMILES string of the molecule is [2H]C([2H])([2H])Oc1ccc(C(CS(C)(=O)=O)N2C(=O)c3cccc(NC(C)=O)c3C2=O)nc1OCC. The van der Waals surface area contributed by atoms with Crippen LogP contribution in [0.4, 0.5) is 5.69 Å². The van der Waals surface area contributed by atoms with Crippen LogP contribution >= 0.6 is 0 Å². The summed E-state index contributed by atoms with van der Waals surface area (Å²) < 4.78 is 56.7. The van der Waals surface area contributed by atoms with Crippen molar-refractivity contribution in [1.82, 2.24) is 9.88 Å². The molecule has 0 spiro atoms. The Kier molecular flexibility index (Phi) is 5.38. The molecular weight excluding hydrogens is 438 g/mol. The fourth-order valence-corrected chi connectivity index (χ4v) is 4.30. The molecule has 1 aromatic carbocycles. The number of fused-ring (bicyclic) bond motifs is 1. The van der Waals surface area contributed by atoms with Crippen LogP contribution in [0.25, 0.3) is 0 Å². The first-order chi connectivity index (χ1) is 16.2. The molecule has 1 aliphatic rings. The number of amides is 3. The lowest BCUT2D eigenvalue weighted by Gasteiger charge is -2.26. The summed E-state index contributed by atoms with van der Waals surface area (Å²) in [5.41, 5.74) is -0.00331. The number of hydrogen-bond donors (Lipinski definition) is 1. The summed E-state index contributed by atoms with van der Waals surface area (Å²) in [5, 5.41) is 2.50. The number of benzene rings is 1. The third-order valence-electron chi connectivity index (χ3n) is 4.61. The first-order valence-electron chi connectivity index (χ1n) is 11.0. The van der Waals surface area contributed by atoms with Gasteiger partial charge in [0.05, 0.1) is 52.1 Å². The highest BCUT2D eigenvalue weighted by Gasteiger charge is 2.44. The molecule has 1 atom stereocenters. The van der Waals surface area contributed by atoms with Crippen molar-refractivity contribution in [3.8, 4) is 11.6 Å². The molecule has 3 amide bonds. The Balaban J connectivity index is 2.12. The van der Waals surface area contributed by atoms with Gasteiger partial charge in [0.15, 0.2) is 5.75 Å². The topological polar surface area (TPSA) is 132 Å². The van der Waals surface area contributed by atoms with Gasteiger partial charge in [-0.2, -0.15) is 0 Å². The van der Waals surface area contributed by atoms with Gasteiger partial charge in [0.2, 0.25) is 5.91 Å². The monoisotopic (exact) mass is 464 g/mol. The van der Waals surface area contributed by atoms with E-state index < -0.39 is 46.4 Å². The molecule has 0 saturated heterocycles. The molecule has 10 nitrogen and oxygen atoms in total. The number of hydrogen-bond acceptors (Lipinski definition) is 8. The van der Waals surface area contributed by atoms with Crippen LogP contribution in [0.2, 0.25) is 0 Å². The number of carbonyl (C=O) groups is 3. The summed E-state index contributed by atoms with van der Waals surface area (Å²) in [6, 6.07) is 5.44. The van der Waals surface area contributed by atoms with E-state index in [0.29, 0.717) is 0 Å². The van der Waals surface area contributed by atoms with Crippen LogP contribution in [0.5, 0.6) is 11.6 Å². The summed E-state index contributed by atoms with van der Waals surface area (Å²) in [5.74, 6) is -3.16. The van der Waals surface area contributed by atoms with E-state index in [1.165, 1.54) is 37.3 Å². The van der Waals surface area contributed by atoms with Gasteiger partial charge in [0.1, 0.15) is 9.84 Å². The molecule has 1 aliphatic heterocycles. The zero-order chi connectivity index (χ0) is 26.1. The number of methoxy groups -OCH3 is 1. The fourth-order valence-electron chi connectivity index (χ4n) is 3.40. The van der Waals surface area contributed by atoms with Gasteiger partial charge in [-0.25, -0.2) is 13.4 Å². The fraction of sp³-hybridized carbons (Fsp3) is 0.333. The summed E-state index contributed by atoms with van der Waals surface area (Å²) in [6.45, 7) is 2.94. The van der Waals surface area contributed by atoms with Crippen LogP contribution in [0.1, 0.15) is 50.4 Å². The quantitative estimate of drug-likeness (QED) is 0.585. The number of ether oxygens (including phenoxy) is 2. The summed E-state index contributed by atoms with van der Waals surface area (Å²) >= 11 is 0. The number of carbonyl (C=O) groups excluding carboxylic acids is 3. The lowest BCUT2D eigenvalue weighted by atomic mass is 10.1. The summed E-state index contributed by atoms with van der Waals surface area (Å²) in [6.07, 6.45) is 0.941. The maximum absolute atomic E-state index is 13.4. The summed E-state index contributed by atoms with van der Waals surface area (Å²) in [7, 11) is -6.56. The van der Waals surface area contributed by atoms with E-state index in [1.54, 1.807) is 6.92 Å². The molecule has 2 heterocycles. The van der Waals surface area contributed by atoms with Crippen molar-refractivity contribution in [3.05, 3.63) is 47.2 Å². The molecule has 0 fully saturated rings. The molecule has 32 heavy (non-hydrogen) atoms. The van der Waals surface area contributed by atoms with E-state index in [2.05, 4.69) is 10.3 Å². The molecule has 1 unspecified atom stereocenters. The van der Waals surface area contributed by atoms with Gasteiger partial charge in [-0.1, -0.05) is 6.07 Å². The Morgan fingerprint density at radius 3 is 2.62 bits per heavy atom. The van der Waals surface area contributed by atoms with Crippen molar-refractivity contribution in [2.45, 2.75) is 19.9 Å². The number of nitrogens with zero attached hydrogens (tertiary/aromatic N) is 2. The van der Waals surface area contributed by atoms with Gasteiger partial charge in [-0.15, -0.1) is 0 Å². The second-order valence-electron chi connectivity index (χ2n) is 7.07. The molecule has 0 radical (unpaired) electrons. The molecule has 0 aliphatic carbocycles. The maximum atomic E-state index is 13.4. The third-order valence-corrected chi connectivity index (χ3v) is 5.53. The normalized spacial score (nSPS) is 16.0. The predicted octanol–water partition coefficient (Wildman–Crippen LogP) is 1.83. The average molecular weight is 465 g/mol. The van der Waals surface area contributed by atoms with E-state index in [0.717, 1.165) is 11.2 Å². The average Bonchev–Trinajstić information content (AvgIpc) is 2.97. The molecule has 2 aromatic rings. The number of imide groups is 1. The molecule has 11 heteroatoms.